The first kappa shape index (κ1) is 26.4. The SMILES string of the molecule is Cc1ccc(/C=C2\c3cccc(O)c3C(O)=C3C(=O)[C@]4(O)C(O)=C(C(N)=O)C(=O)[C@@H](N(C)C)[C@H]4[C@@H](O)[C@@H]32)cc1. The molecule has 10 heteroatoms. The first-order valence-electron chi connectivity index (χ1n) is 12.3. The molecule has 1 amide bonds. The molecule has 5 rings (SSSR count). The van der Waals surface area contributed by atoms with Crippen LogP contribution in [0.15, 0.2) is 59.4 Å². The highest BCUT2D eigenvalue weighted by molar-refractivity contribution is 6.25. The average molecular weight is 533 g/mol. The number of nitrogens with two attached hydrogens (primary N) is 1. The van der Waals surface area contributed by atoms with Crippen LogP contribution in [0.3, 0.4) is 0 Å². The van der Waals surface area contributed by atoms with Gasteiger partial charge in [-0.1, -0.05) is 48.0 Å². The molecule has 5 atom stereocenters. The number of aliphatic hydroxyl groups is 4. The quantitative estimate of drug-likeness (QED) is 0.317. The van der Waals surface area contributed by atoms with Crippen molar-refractivity contribution in [1.29, 1.82) is 0 Å². The van der Waals surface area contributed by atoms with Crippen LogP contribution < -0.4 is 5.73 Å². The summed E-state index contributed by atoms with van der Waals surface area (Å²) in [7, 11) is 2.92. The van der Waals surface area contributed by atoms with Crippen molar-refractivity contribution in [2.24, 2.45) is 17.6 Å². The molecular weight excluding hydrogens is 504 g/mol. The molecule has 2 aromatic carbocycles. The molecule has 1 saturated carbocycles. The smallest absolute Gasteiger partial charge is 0.255 e. The molecular formula is C29H28N2O8. The standard InChI is InChI=1S/C29H28N2O8/c1-12-7-9-13(10-8-12)11-15-14-5-4-6-16(32)17(14)23(33)19-18(15)24(34)21-22(31(2)3)25(35)20(28(30)38)27(37)29(21,39)26(19)36/h4-11,18,21-22,24,32-34,37,39H,1-3H3,(H2,30,38)/b15-11+/t18-,21+,22+,24+,29+/m1/s1. The lowest BCUT2D eigenvalue weighted by Gasteiger charge is -2.53. The van der Waals surface area contributed by atoms with Gasteiger partial charge in [0.25, 0.3) is 5.91 Å². The summed E-state index contributed by atoms with van der Waals surface area (Å²) in [6, 6.07) is 10.4. The van der Waals surface area contributed by atoms with Gasteiger partial charge >= 0.3 is 0 Å². The Labute approximate surface area is 223 Å². The Balaban J connectivity index is 1.86. The summed E-state index contributed by atoms with van der Waals surface area (Å²) in [4.78, 5) is 40.9. The van der Waals surface area contributed by atoms with Crippen molar-refractivity contribution in [3.63, 3.8) is 0 Å². The van der Waals surface area contributed by atoms with Crippen molar-refractivity contribution < 1.29 is 39.9 Å². The number of fused-ring (bicyclic) bond motifs is 3. The number of rotatable bonds is 3. The third-order valence-corrected chi connectivity index (χ3v) is 7.93. The number of nitrogens with zero attached hydrogens (tertiary/aromatic N) is 1. The number of aromatic hydroxyl groups is 1. The second kappa shape index (κ2) is 8.91. The molecule has 0 radical (unpaired) electrons. The lowest BCUT2D eigenvalue weighted by molar-refractivity contribution is -0.166. The maximum Gasteiger partial charge on any atom is 0.255 e. The second-order valence-corrected chi connectivity index (χ2v) is 10.4. The molecule has 0 heterocycles. The molecule has 10 nitrogen and oxygen atoms in total. The van der Waals surface area contributed by atoms with E-state index in [-0.39, 0.29) is 11.3 Å². The maximum absolute atomic E-state index is 14.1. The Hall–Kier alpha value is -4.25. The molecule has 0 aromatic heterocycles. The van der Waals surface area contributed by atoms with E-state index in [1.807, 2.05) is 31.2 Å². The fourth-order valence-electron chi connectivity index (χ4n) is 6.15. The van der Waals surface area contributed by atoms with Crippen molar-refractivity contribution in [2.45, 2.75) is 24.7 Å². The summed E-state index contributed by atoms with van der Waals surface area (Å²) >= 11 is 0. The molecule has 3 aliphatic carbocycles. The number of likely N-dealkylation sites (N-methyl/N-ethyl adjacent to an activating group) is 1. The predicted octanol–water partition coefficient (Wildman–Crippen LogP) is 1.24. The molecule has 3 aliphatic rings. The number of hydrogen-bond donors (Lipinski definition) is 6. The highest BCUT2D eigenvalue weighted by Crippen LogP contribution is 2.56. The van der Waals surface area contributed by atoms with Gasteiger partial charge in [-0.15, -0.1) is 0 Å². The lowest BCUT2D eigenvalue weighted by atomic mass is 9.55. The molecule has 7 N–H and O–H groups in total. The van der Waals surface area contributed by atoms with Crippen LogP contribution in [-0.4, -0.2) is 79.7 Å². The van der Waals surface area contributed by atoms with Gasteiger partial charge in [-0.25, -0.2) is 0 Å². The van der Waals surface area contributed by atoms with Crippen molar-refractivity contribution >= 4 is 34.9 Å². The molecule has 202 valence electrons. The topological polar surface area (TPSA) is 182 Å². The number of aryl methyl sites for hydroxylation is 1. The van der Waals surface area contributed by atoms with Gasteiger partial charge in [0.2, 0.25) is 5.78 Å². The highest BCUT2D eigenvalue weighted by Gasteiger charge is 2.68. The number of aliphatic hydroxyl groups excluding tert-OH is 3. The number of primary amides is 1. The van der Waals surface area contributed by atoms with E-state index in [1.54, 1.807) is 18.2 Å². The summed E-state index contributed by atoms with van der Waals surface area (Å²) in [6.07, 6.45) is -0.0276. The van der Waals surface area contributed by atoms with E-state index in [4.69, 9.17) is 5.73 Å². The number of carbonyl (C=O) groups is 3. The number of ketones is 2. The first-order chi connectivity index (χ1) is 18.3. The highest BCUT2D eigenvalue weighted by atomic mass is 16.4. The van der Waals surface area contributed by atoms with Crippen LogP contribution in [0.5, 0.6) is 5.75 Å². The number of phenolic OH excluding ortho intramolecular Hbond substituents is 1. The molecule has 2 aromatic rings. The monoisotopic (exact) mass is 532 g/mol. The van der Waals surface area contributed by atoms with E-state index in [2.05, 4.69) is 0 Å². The van der Waals surface area contributed by atoms with E-state index in [1.165, 1.54) is 25.1 Å². The van der Waals surface area contributed by atoms with Gasteiger partial charge in [-0.3, -0.25) is 19.3 Å². The maximum atomic E-state index is 14.1. The Morgan fingerprint density at radius 1 is 1.05 bits per heavy atom. The molecule has 0 aliphatic heterocycles. The number of benzene rings is 2. The Morgan fingerprint density at radius 3 is 2.28 bits per heavy atom. The van der Waals surface area contributed by atoms with E-state index in [0.29, 0.717) is 16.7 Å². The van der Waals surface area contributed by atoms with E-state index in [0.717, 1.165) is 5.56 Å². The average Bonchev–Trinajstić information content (AvgIpc) is 2.86. The molecule has 0 saturated heterocycles. The van der Waals surface area contributed by atoms with Crippen LogP contribution >= 0.6 is 0 Å². The molecule has 0 spiro atoms. The van der Waals surface area contributed by atoms with Gasteiger partial charge < -0.3 is 31.3 Å². The molecule has 39 heavy (non-hydrogen) atoms. The Kier molecular flexibility index (Phi) is 6.02. The Bertz CT molecular complexity index is 1530. The minimum absolute atomic E-state index is 0.0978. The lowest BCUT2D eigenvalue weighted by Crippen LogP contribution is -2.70. The third-order valence-electron chi connectivity index (χ3n) is 7.93. The van der Waals surface area contributed by atoms with Crippen LogP contribution in [0.1, 0.15) is 22.3 Å². The minimum Gasteiger partial charge on any atom is -0.508 e. The normalized spacial score (nSPS) is 29.4. The molecule has 0 bridgehead atoms. The second-order valence-electron chi connectivity index (χ2n) is 10.4. The zero-order valence-electron chi connectivity index (χ0n) is 21.4. The number of Topliss-reactive ketones (excluding diaryl/α,β-unsaturated/α-hetero) is 2. The van der Waals surface area contributed by atoms with Crippen molar-refractivity contribution in [1.82, 2.24) is 4.90 Å². The zero-order valence-corrected chi connectivity index (χ0v) is 21.4. The first-order valence-corrected chi connectivity index (χ1v) is 12.3. The summed E-state index contributed by atoms with van der Waals surface area (Å²) in [5.41, 5.74) is 3.21. The van der Waals surface area contributed by atoms with Crippen LogP contribution in [0.25, 0.3) is 17.4 Å². The third kappa shape index (κ3) is 3.56. The summed E-state index contributed by atoms with van der Waals surface area (Å²) < 4.78 is 0. The number of hydrogen-bond acceptors (Lipinski definition) is 9. The van der Waals surface area contributed by atoms with Gasteiger partial charge in [-0.05, 0) is 43.8 Å². The van der Waals surface area contributed by atoms with Crippen molar-refractivity contribution in [3.8, 4) is 5.75 Å². The zero-order chi connectivity index (χ0) is 28.5. The van der Waals surface area contributed by atoms with E-state index in [9.17, 15) is 39.9 Å². The molecule has 1 fully saturated rings. The van der Waals surface area contributed by atoms with Gasteiger partial charge in [0.05, 0.1) is 29.2 Å². The van der Waals surface area contributed by atoms with E-state index < -0.39 is 69.7 Å². The number of amides is 1. The molecule has 0 unspecified atom stereocenters. The van der Waals surface area contributed by atoms with Crippen LogP contribution in [0.4, 0.5) is 0 Å². The van der Waals surface area contributed by atoms with Gasteiger partial charge in [-0.2, -0.15) is 0 Å². The van der Waals surface area contributed by atoms with Gasteiger partial charge in [0, 0.05) is 5.92 Å². The summed E-state index contributed by atoms with van der Waals surface area (Å²) in [6.45, 7) is 1.91. The summed E-state index contributed by atoms with van der Waals surface area (Å²) in [5, 5.41) is 56.7. The predicted molar refractivity (Wildman–Crippen MR) is 141 cm³/mol. The summed E-state index contributed by atoms with van der Waals surface area (Å²) in [5.74, 6) is -8.78. The fraction of sp³-hybridized carbons (Fsp3) is 0.276. The number of phenols is 1. The van der Waals surface area contributed by atoms with Crippen molar-refractivity contribution in [3.05, 3.63) is 81.6 Å². The minimum atomic E-state index is -2.97. The van der Waals surface area contributed by atoms with Crippen LogP contribution in [-0.2, 0) is 14.4 Å². The van der Waals surface area contributed by atoms with Crippen molar-refractivity contribution in [2.75, 3.05) is 14.1 Å². The van der Waals surface area contributed by atoms with Gasteiger partial charge in [0.1, 0.15) is 22.8 Å². The van der Waals surface area contributed by atoms with Crippen LogP contribution in [0.2, 0.25) is 0 Å². The van der Waals surface area contributed by atoms with Gasteiger partial charge in [0.15, 0.2) is 11.4 Å². The van der Waals surface area contributed by atoms with Crippen LogP contribution in [0, 0.1) is 18.8 Å². The Morgan fingerprint density at radius 2 is 1.69 bits per heavy atom. The largest absolute Gasteiger partial charge is 0.508 e. The number of carbonyl (C=O) groups excluding carboxylic acids is 3. The fourth-order valence-corrected chi connectivity index (χ4v) is 6.15. The van der Waals surface area contributed by atoms with E-state index >= 15 is 0 Å².